The van der Waals surface area contributed by atoms with Gasteiger partial charge in [0.05, 0.1) is 17.5 Å². The van der Waals surface area contributed by atoms with Crippen LogP contribution in [0.4, 0.5) is 17.3 Å². The van der Waals surface area contributed by atoms with Gasteiger partial charge in [-0.25, -0.2) is 9.98 Å². The van der Waals surface area contributed by atoms with Gasteiger partial charge in [-0.05, 0) is 35.7 Å². The maximum atomic E-state index is 13.1. The number of aryl methyl sites for hydroxylation is 1. The summed E-state index contributed by atoms with van der Waals surface area (Å²) in [5.41, 5.74) is 6.94. The molecule has 0 bridgehead atoms. The highest BCUT2D eigenvalue weighted by molar-refractivity contribution is 5.95. The van der Waals surface area contributed by atoms with Gasteiger partial charge in [0, 0.05) is 49.5 Å². The first-order valence-electron chi connectivity index (χ1n) is 10.2. The van der Waals surface area contributed by atoms with Crippen LogP contribution in [0, 0.1) is 0 Å². The van der Waals surface area contributed by atoms with E-state index in [1.54, 1.807) is 23.0 Å². The van der Waals surface area contributed by atoms with Crippen molar-refractivity contribution in [3.63, 3.8) is 0 Å². The Labute approximate surface area is 189 Å². The minimum absolute atomic E-state index is 0.149. The molecule has 4 rings (SSSR count). The summed E-state index contributed by atoms with van der Waals surface area (Å²) in [6.45, 7) is 3.64. The number of benzene rings is 1. The number of pyridine rings is 2. The minimum atomic E-state index is -0.263. The van der Waals surface area contributed by atoms with E-state index in [1.165, 1.54) is 23.1 Å². The van der Waals surface area contributed by atoms with Crippen LogP contribution >= 0.6 is 0 Å². The quantitative estimate of drug-likeness (QED) is 0.307. The van der Waals surface area contributed by atoms with Crippen LogP contribution in [0.5, 0.6) is 0 Å². The summed E-state index contributed by atoms with van der Waals surface area (Å²) in [5, 5.41) is 22.1. The van der Waals surface area contributed by atoms with Crippen LogP contribution in [0.2, 0.25) is 0 Å². The second-order valence-corrected chi connectivity index (χ2v) is 7.25. The zero-order valence-electron chi connectivity index (χ0n) is 18.1. The van der Waals surface area contributed by atoms with Crippen molar-refractivity contribution >= 4 is 45.2 Å². The van der Waals surface area contributed by atoms with Crippen molar-refractivity contribution < 1.29 is 5.11 Å². The number of aliphatic hydroxyl groups is 1. The van der Waals surface area contributed by atoms with Crippen LogP contribution < -0.4 is 21.9 Å². The number of fused-ring (bicyclic) bond motifs is 2. The Kier molecular flexibility index (Phi) is 6.18. The number of rotatable bonds is 8. The molecule has 0 saturated heterocycles. The van der Waals surface area contributed by atoms with Gasteiger partial charge in [0.15, 0.2) is 0 Å². The second kappa shape index (κ2) is 9.37. The minimum Gasteiger partial charge on any atom is -0.402 e. The van der Waals surface area contributed by atoms with Gasteiger partial charge in [-0.15, -0.1) is 0 Å². The highest BCUT2D eigenvalue weighted by Crippen LogP contribution is 2.27. The molecule has 10 heteroatoms. The summed E-state index contributed by atoms with van der Waals surface area (Å²) in [4.78, 5) is 21.9. The molecule has 5 N–H and O–H groups in total. The van der Waals surface area contributed by atoms with E-state index in [0.717, 1.165) is 16.6 Å². The topological polar surface area (TPSA) is 135 Å². The first-order valence-corrected chi connectivity index (χ1v) is 10.2. The Morgan fingerprint density at radius 1 is 1.30 bits per heavy atom. The zero-order valence-corrected chi connectivity index (χ0v) is 18.1. The van der Waals surface area contributed by atoms with E-state index in [1.807, 2.05) is 31.4 Å². The summed E-state index contributed by atoms with van der Waals surface area (Å²) < 4.78 is 3.19. The van der Waals surface area contributed by atoms with E-state index >= 15 is 0 Å². The van der Waals surface area contributed by atoms with E-state index in [-0.39, 0.29) is 18.7 Å². The molecule has 33 heavy (non-hydrogen) atoms. The third kappa shape index (κ3) is 4.60. The van der Waals surface area contributed by atoms with Crippen molar-refractivity contribution in [1.29, 1.82) is 0 Å². The molecule has 0 spiro atoms. The first kappa shape index (κ1) is 21.8. The summed E-state index contributed by atoms with van der Waals surface area (Å²) in [7, 11) is 1.86. The average molecular weight is 444 g/mol. The lowest BCUT2D eigenvalue weighted by molar-refractivity contribution is 0.274. The highest BCUT2D eigenvalue weighted by atomic mass is 16.3. The van der Waals surface area contributed by atoms with Crippen molar-refractivity contribution in [1.82, 2.24) is 19.3 Å². The van der Waals surface area contributed by atoms with Crippen molar-refractivity contribution in [2.75, 3.05) is 17.2 Å². The molecule has 0 aliphatic heterocycles. The largest absolute Gasteiger partial charge is 0.402 e. The van der Waals surface area contributed by atoms with Gasteiger partial charge in [0.1, 0.15) is 17.5 Å². The Morgan fingerprint density at radius 2 is 2.15 bits per heavy atom. The predicted molar refractivity (Wildman–Crippen MR) is 132 cm³/mol. The number of nitrogens with one attached hydrogen (secondary N) is 2. The van der Waals surface area contributed by atoms with E-state index < -0.39 is 0 Å². The molecular weight excluding hydrogens is 420 g/mol. The fraction of sp³-hybridized carbons (Fsp3) is 0.130. The molecule has 0 radical (unpaired) electrons. The molecule has 3 heterocycles. The summed E-state index contributed by atoms with van der Waals surface area (Å²) in [6.07, 6.45) is 7.91. The molecule has 0 fully saturated rings. The molecule has 0 aliphatic rings. The lowest BCUT2D eigenvalue weighted by Gasteiger charge is -2.14. The van der Waals surface area contributed by atoms with Crippen LogP contribution in [0.3, 0.4) is 0 Å². The van der Waals surface area contributed by atoms with Crippen molar-refractivity contribution in [2.45, 2.75) is 6.54 Å². The fourth-order valence-corrected chi connectivity index (χ4v) is 3.48. The Hall–Kier alpha value is -4.44. The maximum absolute atomic E-state index is 13.1. The molecule has 0 saturated carbocycles. The van der Waals surface area contributed by atoms with Crippen molar-refractivity contribution in [3.8, 4) is 0 Å². The Morgan fingerprint density at radius 3 is 2.91 bits per heavy atom. The Balaban J connectivity index is 1.83. The SMILES string of the molecule is C=CC=N/C(=C\N)Nc1cc2ccn(CCO)c(=O)c2c(Nc2ccc3cn(C)nc3c2)n1. The van der Waals surface area contributed by atoms with Gasteiger partial charge >= 0.3 is 0 Å². The number of hydrogen-bond donors (Lipinski definition) is 4. The lowest BCUT2D eigenvalue weighted by atomic mass is 10.2. The van der Waals surface area contributed by atoms with Crippen LogP contribution in [-0.4, -0.2) is 37.3 Å². The van der Waals surface area contributed by atoms with Gasteiger partial charge in [0.2, 0.25) is 0 Å². The van der Waals surface area contributed by atoms with E-state index in [9.17, 15) is 9.90 Å². The van der Waals surface area contributed by atoms with Crippen LogP contribution in [0.1, 0.15) is 0 Å². The number of allylic oxidation sites excluding steroid dienone is 1. The van der Waals surface area contributed by atoms with Gasteiger partial charge in [-0.1, -0.05) is 12.7 Å². The first-order chi connectivity index (χ1) is 16.0. The third-order valence-corrected chi connectivity index (χ3v) is 4.92. The molecule has 0 amide bonds. The van der Waals surface area contributed by atoms with Gasteiger partial charge in [-0.2, -0.15) is 5.10 Å². The van der Waals surface area contributed by atoms with E-state index in [2.05, 4.69) is 32.3 Å². The second-order valence-electron chi connectivity index (χ2n) is 7.25. The zero-order chi connectivity index (χ0) is 23.4. The van der Waals surface area contributed by atoms with Crippen LogP contribution in [0.25, 0.3) is 21.7 Å². The summed E-state index contributed by atoms with van der Waals surface area (Å²) >= 11 is 0. The van der Waals surface area contributed by atoms with Crippen molar-refractivity contribution in [3.05, 3.63) is 77.8 Å². The molecule has 4 aromatic rings. The van der Waals surface area contributed by atoms with E-state index in [0.29, 0.717) is 28.2 Å². The number of aromatic nitrogens is 4. The molecule has 168 valence electrons. The average Bonchev–Trinajstić information content (AvgIpc) is 3.17. The Bertz CT molecular complexity index is 1450. The molecule has 1 aromatic carbocycles. The monoisotopic (exact) mass is 444 g/mol. The molecule has 0 unspecified atom stereocenters. The molecule has 3 aromatic heterocycles. The smallest absolute Gasteiger partial charge is 0.262 e. The van der Waals surface area contributed by atoms with Gasteiger partial charge in [0.25, 0.3) is 5.56 Å². The number of nitrogens with two attached hydrogens (primary N) is 1. The molecule has 0 aliphatic carbocycles. The number of nitrogens with zero attached hydrogens (tertiary/aromatic N) is 5. The summed E-state index contributed by atoms with van der Waals surface area (Å²) in [5.74, 6) is 1.17. The predicted octanol–water partition coefficient (Wildman–Crippen LogP) is 2.45. The standard InChI is InChI=1S/C23H24N8O2/c1-3-7-25-20(13-24)27-19-11-15-6-8-31(9-10-32)23(33)21(15)22(28-19)26-17-5-4-16-14-30(2)29-18(16)12-17/h3-8,11-14,32H,1,9-10,24H2,2H3,(H2,26,27,28)/b20-13+,25-7?. The summed E-state index contributed by atoms with van der Waals surface area (Å²) in [6, 6.07) is 9.26. The van der Waals surface area contributed by atoms with Crippen LogP contribution in [-0.2, 0) is 13.6 Å². The molecule has 10 nitrogen and oxygen atoms in total. The number of aliphatic hydroxyl groups excluding tert-OH is 1. The van der Waals surface area contributed by atoms with Crippen LogP contribution in [0.15, 0.2) is 77.2 Å². The van der Waals surface area contributed by atoms with Gasteiger partial charge in [-0.3, -0.25) is 9.48 Å². The lowest BCUT2D eigenvalue weighted by Crippen LogP contribution is -2.22. The number of anilines is 3. The fourth-order valence-electron chi connectivity index (χ4n) is 3.48. The van der Waals surface area contributed by atoms with Crippen molar-refractivity contribution in [2.24, 2.45) is 17.8 Å². The third-order valence-electron chi connectivity index (χ3n) is 4.92. The van der Waals surface area contributed by atoms with E-state index in [4.69, 9.17) is 5.73 Å². The normalized spacial score (nSPS) is 12.0. The number of aliphatic imine (C=N–C) groups is 1. The maximum Gasteiger partial charge on any atom is 0.262 e. The number of hydrogen-bond acceptors (Lipinski definition) is 8. The highest BCUT2D eigenvalue weighted by Gasteiger charge is 2.13. The van der Waals surface area contributed by atoms with Gasteiger partial charge < -0.3 is 26.0 Å². The molecule has 0 atom stereocenters. The molecular formula is C23H24N8O2.